The molecule has 4 nitrogen and oxygen atoms in total. The van der Waals surface area contributed by atoms with Gasteiger partial charge in [0.15, 0.2) is 0 Å². The van der Waals surface area contributed by atoms with Gasteiger partial charge in [-0.3, -0.25) is 4.79 Å². The van der Waals surface area contributed by atoms with Crippen LogP contribution in [0.15, 0.2) is 24.3 Å². The summed E-state index contributed by atoms with van der Waals surface area (Å²) >= 11 is 0. The lowest BCUT2D eigenvalue weighted by atomic mass is 9.68. The Morgan fingerprint density at radius 3 is 2.23 bits per heavy atom. The van der Waals surface area contributed by atoms with E-state index in [0.717, 1.165) is 31.5 Å². The fourth-order valence-corrected chi connectivity index (χ4v) is 4.30. The van der Waals surface area contributed by atoms with Crippen LogP contribution >= 0.6 is 0 Å². The largest absolute Gasteiger partial charge is 0.387 e. The SMILES string of the molecule is CCOC[C@]1(O)CC[C@]2(CCN(c3ccc(C(C)(C)C)cc3)C2=O)CC1. The van der Waals surface area contributed by atoms with Gasteiger partial charge in [0.1, 0.15) is 0 Å². The Kier molecular flexibility index (Phi) is 5.19. The minimum Gasteiger partial charge on any atom is -0.387 e. The second-order valence-corrected chi connectivity index (χ2v) is 9.15. The average Bonchev–Trinajstić information content (AvgIpc) is 2.92. The summed E-state index contributed by atoms with van der Waals surface area (Å²) in [6, 6.07) is 8.42. The Hall–Kier alpha value is -1.39. The number of ether oxygens (including phenoxy) is 1. The minimum absolute atomic E-state index is 0.114. The summed E-state index contributed by atoms with van der Waals surface area (Å²) in [5.41, 5.74) is 1.34. The van der Waals surface area contributed by atoms with Crippen LogP contribution in [-0.2, 0) is 14.9 Å². The van der Waals surface area contributed by atoms with Crippen molar-refractivity contribution in [2.45, 2.75) is 70.8 Å². The lowest BCUT2D eigenvalue weighted by Gasteiger charge is -2.40. The predicted octanol–water partition coefficient (Wildman–Crippen LogP) is 4.05. The first-order valence-corrected chi connectivity index (χ1v) is 9.92. The van der Waals surface area contributed by atoms with Gasteiger partial charge in [-0.05, 0) is 62.1 Å². The third-order valence-corrected chi connectivity index (χ3v) is 6.27. The summed E-state index contributed by atoms with van der Waals surface area (Å²) in [7, 11) is 0. The molecule has 0 aromatic heterocycles. The molecular weight excluding hydrogens is 326 g/mol. The van der Waals surface area contributed by atoms with E-state index < -0.39 is 5.60 Å². The highest BCUT2D eigenvalue weighted by Gasteiger charge is 2.51. The van der Waals surface area contributed by atoms with E-state index in [0.29, 0.717) is 26.1 Å². The molecule has 144 valence electrons. The molecule has 0 unspecified atom stereocenters. The third-order valence-electron chi connectivity index (χ3n) is 6.27. The van der Waals surface area contributed by atoms with E-state index in [1.807, 2.05) is 11.8 Å². The molecule has 0 atom stereocenters. The van der Waals surface area contributed by atoms with Crippen molar-refractivity contribution in [1.29, 1.82) is 0 Å². The van der Waals surface area contributed by atoms with E-state index in [1.54, 1.807) is 0 Å². The first-order chi connectivity index (χ1) is 12.2. The summed E-state index contributed by atoms with van der Waals surface area (Å²) in [5.74, 6) is 0.236. The molecule has 1 aliphatic carbocycles. The van der Waals surface area contributed by atoms with Gasteiger partial charge in [-0.2, -0.15) is 0 Å². The van der Waals surface area contributed by atoms with Crippen molar-refractivity contribution >= 4 is 11.6 Å². The third kappa shape index (κ3) is 3.67. The summed E-state index contributed by atoms with van der Waals surface area (Å²) in [6.45, 7) is 10.3. The van der Waals surface area contributed by atoms with E-state index in [1.165, 1.54) is 5.56 Å². The van der Waals surface area contributed by atoms with Gasteiger partial charge in [-0.1, -0.05) is 32.9 Å². The summed E-state index contributed by atoms with van der Waals surface area (Å²) in [6.07, 6.45) is 3.70. The maximum atomic E-state index is 13.2. The van der Waals surface area contributed by atoms with E-state index >= 15 is 0 Å². The molecule has 26 heavy (non-hydrogen) atoms. The van der Waals surface area contributed by atoms with Crippen LogP contribution < -0.4 is 4.90 Å². The van der Waals surface area contributed by atoms with E-state index in [2.05, 4.69) is 45.0 Å². The Labute approximate surface area is 157 Å². The zero-order chi connectivity index (χ0) is 19.0. The molecule has 1 heterocycles. The molecule has 3 rings (SSSR count). The molecule has 1 aromatic carbocycles. The van der Waals surface area contributed by atoms with Crippen LogP contribution in [0.4, 0.5) is 5.69 Å². The van der Waals surface area contributed by atoms with Gasteiger partial charge in [-0.15, -0.1) is 0 Å². The molecule has 1 N–H and O–H groups in total. The molecular formula is C22H33NO3. The Bertz CT molecular complexity index is 636. The first-order valence-electron chi connectivity index (χ1n) is 9.92. The summed E-state index contributed by atoms with van der Waals surface area (Å²) in [4.78, 5) is 15.1. The number of nitrogens with zero attached hydrogens (tertiary/aromatic N) is 1. The van der Waals surface area contributed by atoms with Crippen molar-refractivity contribution in [2.24, 2.45) is 5.41 Å². The molecule has 2 aliphatic rings. The highest BCUT2D eigenvalue weighted by molar-refractivity contribution is 6.00. The summed E-state index contributed by atoms with van der Waals surface area (Å²) < 4.78 is 5.44. The zero-order valence-corrected chi connectivity index (χ0v) is 16.7. The molecule has 0 radical (unpaired) electrons. The molecule has 1 saturated carbocycles. The van der Waals surface area contributed by atoms with Crippen LogP contribution in [0.25, 0.3) is 0 Å². The molecule has 1 amide bonds. The van der Waals surface area contributed by atoms with Gasteiger partial charge < -0.3 is 14.7 Å². The van der Waals surface area contributed by atoms with Gasteiger partial charge >= 0.3 is 0 Å². The lowest BCUT2D eigenvalue weighted by molar-refractivity contribution is -0.133. The minimum atomic E-state index is -0.761. The Balaban J connectivity index is 1.69. The van der Waals surface area contributed by atoms with Gasteiger partial charge in [0.25, 0.3) is 0 Å². The number of hydrogen-bond donors (Lipinski definition) is 1. The van der Waals surface area contributed by atoms with Crippen LogP contribution in [0.5, 0.6) is 0 Å². The molecule has 0 bridgehead atoms. The topological polar surface area (TPSA) is 49.8 Å². The predicted molar refractivity (Wildman–Crippen MR) is 104 cm³/mol. The van der Waals surface area contributed by atoms with Crippen LogP contribution in [0.3, 0.4) is 0 Å². The van der Waals surface area contributed by atoms with Crippen LogP contribution in [-0.4, -0.2) is 36.4 Å². The number of carbonyl (C=O) groups is 1. The Morgan fingerprint density at radius 1 is 1.08 bits per heavy atom. The van der Waals surface area contributed by atoms with Crippen molar-refractivity contribution in [3.63, 3.8) is 0 Å². The standard InChI is InChI=1S/C22H33NO3/c1-5-26-16-22(25)12-10-21(11-13-22)14-15-23(19(21)24)18-8-6-17(7-9-18)20(2,3)4/h6-9,25H,5,10-16H2,1-4H3/t21-,22+. The quantitative estimate of drug-likeness (QED) is 0.882. The van der Waals surface area contributed by atoms with Crippen LogP contribution in [0, 0.1) is 5.41 Å². The lowest BCUT2D eigenvalue weighted by Crippen LogP contribution is -2.45. The normalized spacial score (nSPS) is 29.6. The number of aliphatic hydroxyl groups is 1. The van der Waals surface area contributed by atoms with Crippen molar-refractivity contribution in [2.75, 3.05) is 24.7 Å². The van der Waals surface area contributed by atoms with Gasteiger partial charge in [-0.25, -0.2) is 0 Å². The Morgan fingerprint density at radius 2 is 1.69 bits per heavy atom. The second-order valence-electron chi connectivity index (χ2n) is 9.15. The van der Waals surface area contributed by atoms with E-state index in [-0.39, 0.29) is 16.7 Å². The number of amides is 1. The highest BCUT2D eigenvalue weighted by atomic mass is 16.5. The average molecular weight is 360 g/mol. The van der Waals surface area contributed by atoms with Crippen molar-refractivity contribution in [3.05, 3.63) is 29.8 Å². The van der Waals surface area contributed by atoms with Crippen molar-refractivity contribution in [1.82, 2.24) is 0 Å². The maximum Gasteiger partial charge on any atom is 0.233 e. The molecule has 1 spiro atoms. The van der Waals surface area contributed by atoms with Crippen molar-refractivity contribution < 1.29 is 14.6 Å². The number of benzene rings is 1. The monoisotopic (exact) mass is 359 g/mol. The molecule has 1 aromatic rings. The maximum absolute atomic E-state index is 13.2. The number of anilines is 1. The molecule has 4 heteroatoms. The second kappa shape index (κ2) is 6.97. The van der Waals surface area contributed by atoms with Crippen molar-refractivity contribution in [3.8, 4) is 0 Å². The fourth-order valence-electron chi connectivity index (χ4n) is 4.30. The van der Waals surface area contributed by atoms with Crippen LogP contribution in [0.2, 0.25) is 0 Å². The van der Waals surface area contributed by atoms with Gasteiger partial charge in [0, 0.05) is 18.8 Å². The molecule has 1 aliphatic heterocycles. The van der Waals surface area contributed by atoms with Gasteiger partial charge in [0.2, 0.25) is 5.91 Å². The number of hydrogen-bond acceptors (Lipinski definition) is 3. The summed E-state index contributed by atoms with van der Waals surface area (Å²) in [5, 5.41) is 10.7. The smallest absolute Gasteiger partial charge is 0.233 e. The highest BCUT2D eigenvalue weighted by Crippen LogP contribution is 2.48. The number of rotatable bonds is 4. The van der Waals surface area contributed by atoms with E-state index in [9.17, 15) is 9.90 Å². The van der Waals surface area contributed by atoms with Gasteiger partial charge in [0.05, 0.1) is 17.6 Å². The van der Waals surface area contributed by atoms with E-state index in [4.69, 9.17) is 4.74 Å². The first kappa shape index (κ1) is 19.4. The van der Waals surface area contributed by atoms with Crippen LogP contribution in [0.1, 0.15) is 65.4 Å². The zero-order valence-electron chi connectivity index (χ0n) is 16.7. The number of carbonyl (C=O) groups excluding carboxylic acids is 1. The molecule has 2 fully saturated rings. The fraction of sp³-hybridized carbons (Fsp3) is 0.682. The molecule has 1 saturated heterocycles.